The molecule has 6 rings (SSSR count). The van der Waals surface area contributed by atoms with E-state index in [1.165, 1.54) is 34.0 Å². The van der Waals surface area contributed by atoms with Gasteiger partial charge in [-0.1, -0.05) is 23.8 Å². The van der Waals surface area contributed by atoms with Crippen LogP contribution in [0, 0.1) is 11.8 Å². The number of carbonyl (C=O) groups is 1. The standard InChI is InChI=1S/C21H24N2O2/c1-4-12-10-23-17-9-15-13-6-5-7-19(25-3)21(13)22(2)20(15)18(23)8-14(12)16(17)11-24/h4-7,11,14,16-18H,8-10H2,1-3H3/t14-,16+,17-,18-/m0/s1. The van der Waals surface area contributed by atoms with Crippen LogP contribution in [0.25, 0.3) is 10.9 Å². The van der Waals surface area contributed by atoms with Crippen molar-refractivity contribution in [1.82, 2.24) is 9.47 Å². The van der Waals surface area contributed by atoms with E-state index < -0.39 is 0 Å². The molecule has 4 bridgehead atoms. The normalized spacial score (nSPS) is 34.4. The van der Waals surface area contributed by atoms with Crippen LogP contribution in [-0.2, 0) is 18.3 Å². The molecule has 4 aliphatic rings. The fraction of sp³-hybridized carbons (Fsp3) is 0.476. The lowest BCUT2D eigenvalue weighted by molar-refractivity contribution is -0.121. The van der Waals surface area contributed by atoms with Crippen LogP contribution in [0.5, 0.6) is 5.75 Å². The molecule has 4 nitrogen and oxygen atoms in total. The third kappa shape index (κ3) is 1.78. The van der Waals surface area contributed by atoms with Gasteiger partial charge in [-0.15, -0.1) is 0 Å². The number of nitrogens with zero attached hydrogens (tertiary/aromatic N) is 2. The highest BCUT2D eigenvalue weighted by Gasteiger charge is 2.53. The van der Waals surface area contributed by atoms with Gasteiger partial charge in [0.05, 0.1) is 18.7 Å². The smallest absolute Gasteiger partial charge is 0.143 e. The number of aldehydes is 1. The van der Waals surface area contributed by atoms with Gasteiger partial charge in [0.25, 0.3) is 0 Å². The van der Waals surface area contributed by atoms with E-state index in [9.17, 15) is 4.79 Å². The Kier molecular flexibility index (Phi) is 3.17. The molecule has 25 heavy (non-hydrogen) atoms. The summed E-state index contributed by atoms with van der Waals surface area (Å²) in [5.74, 6) is 1.48. The molecular formula is C21H24N2O2. The molecule has 4 aliphatic heterocycles. The maximum atomic E-state index is 11.9. The summed E-state index contributed by atoms with van der Waals surface area (Å²) in [4.78, 5) is 14.5. The molecule has 4 heteroatoms. The van der Waals surface area contributed by atoms with Crippen molar-refractivity contribution < 1.29 is 9.53 Å². The highest BCUT2D eigenvalue weighted by atomic mass is 16.5. The second-order valence-corrected chi connectivity index (χ2v) is 7.66. The number of benzene rings is 1. The zero-order valence-electron chi connectivity index (χ0n) is 15.0. The van der Waals surface area contributed by atoms with Crippen LogP contribution >= 0.6 is 0 Å². The Morgan fingerprint density at radius 1 is 1.32 bits per heavy atom. The molecule has 130 valence electrons. The summed E-state index contributed by atoms with van der Waals surface area (Å²) in [6, 6.07) is 7.08. The van der Waals surface area contributed by atoms with Gasteiger partial charge in [-0.3, -0.25) is 4.90 Å². The Bertz CT molecular complexity index is 910. The molecule has 3 fully saturated rings. The third-order valence-electron chi connectivity index (χ3n) is 6.86. The van der Waals surface area contributed by atoms with E-state index in [2.05, 4.69) is 41.6 Å². The monoisotopic (exact) mass is 336 g/mol. The van der Waals surface area contributed by atoms with Crippen molar-refractivity contribution in [2.75, 3.05) is 13.7 Å². The second kappa shape index (κ2) is 5.21. The lowest BCUT2D eigenvalue weighted by Gasteiger charge is -2.57. The molecule has 1 aromatic carbocycles. The number of methoxy groups -OCH3 is 1. The number of fused-ring (bicyclic) bond motifs is 4. The van der Waals surface area contributed by atoms with Crippen molar-refractivity contribution in [2.24, 2.45) is 18.9 Å². The number of piperidine rings is 3. The van der Waals surface area contributed by atoms with Crippen LogP contribution in [0.15, 0.2) is 29.8 Å². The van der Waals surface area contributed by atoms with Crippen LogP contribution in [-0.4, -0.2) is 35.4 Å². The first-order valence-electron chi connectivity index (χ1n) is 9.19. The first-order chi connectivity index (χ1) is 12.2. The van der Waals surface area contributed by atoms with Gasteiger partial charge in [0.1, 0.15) is 12.0 Å². The molecular weight excluding hydrogens is 312 g/mol. The number of hydrogen-bond donors (Lipinski definition) is 0. The van der Waals surface area contributed by atoms with Gasteiger partial charge in [0.2, 0.25) is 0 Å². The lowest BCUT2D eigenvalue weighted by atomic mass is 9.64. The Hall–Kier alpha value is -2.07. The average molecular weight is 336 g/mol. The Morgan fingerprint density at radius 2 is 2.16 bits per heavy atom. The number of aryl methyl sites for hydroxylation is 1. The number of hydrogen-bond acceptors (Lipinski definition) is 3. The summed E-state index contributed by atoms with van der Waals surface area (Å²) < 4.78 is 7.98. The van der Waals surface area contributed by atoms with Crippen LogP contribution in [0.1, 0.15) is 30.6 Å². The second-order valence-electron chi connectivity index (χ2n) is 7.66. The molecule has 0 radical (unpaired) electrons. The van der Waals surface area contributed by atoms with Crippen molar-refractivity contribution in [3.8, 4) is 5.75 Å². The number of carbonyl (C=O) groups excluding carboxylic acids is 1. The van der Waals surface area contributed by atoms with Crippen molar-refractivity contribution in [1.29, 1.82) is 0 Å². The van der Waals surface area contributed by atoms with Crippen molar-refractivity contribution in [3.63, 3.8) is 0 Å². The first kappa shape index (κ1) is 15.2. The predicted octanol–water partition coefficient (Wildman–Crippen LogP) is 3.25. The van der Waals surface area contributed by atoms with E-state index in [4.69, 9.17) is 4.74 Å². The minimum atomic E-state index is 0.130. The highest BCUT2D eigenvalue weighted by molar-refractivity contribution is 5.91. The lowest BCUT2D eigenvalue weighted by Crippen LogP contribution is -2.60. The molecule has 5 atom stereocenters. The summed E-state index contributed by atoms with van der Waals surface area (Å²) in [5.41, 5.74) is 5.50. The predicted molar refractivity (Wildman–Crippen MR) is 97.8 cm³/mol. The van der Waals surface area contributed by atoms with E-state index in [1.807, 2.05) is 6.07 Å². The summed E-state index contributed by atoms with van der Waals surface area (Å²) in [6.07, 6.45) is 5.47. The quantitative estimate of drug-likeness (QED) is 0.624. The van der Waals surface area contributed by atoms with E-state index in [0.29, 0.717) is 18.0 Å². The Labute approximate surface area is 148 Å². The van der Waals surface area contributed by atoms with Gasteiger partial charge in [-0.2, -0.15) is 0 Å². The summed E-state index contributed by atoms with van der Waals surface area (Å²) in [5, 5.41) is 1.29. The van der Waals surface area contributed by atoms with Gasteiger partial charge < -0.3 is 14.1 Å². The molecule has 0 spiro atoms. The average Bonchev–Trinajstić information content (AvgIpc) is 2.94. The zero-order valence-corrected chi connectivity index (χ0v) is 15.0. The SMILES string of the molecule is CC=C1CN2[C@H]3C[C@@H]1[C@@H](C=O)[C@@H]2Cc1c3n(C)c2c(OC)cccc12. The highest BCUT2D eigenvalue weighted by Crippen LogP contribution is 2.54. The van der Waals surface area contributed by atoms with Gasteiger partial charge in [-0.25, -0.2) is 0 Å². The molecule has 2 aromatic rings. The minimum absolute atomic E-state index is 0.130. The number of aromatic nitrogens is 1. The van der Waals surface area contributed by atoms with E-state index in [1.54, 1.807) is 7.11 Å². The molecule has 1 unspecified atom stereocenters. The van der Waals surface area contributed by atoms with Crippen molar-refractivity contribution in [2.45, 2.75) is 31.8 Å². The molecule has 0 N–H and O–H groups in total. The Balaban J connectivity index is 1.74. The van der Waals surface area contributed by atoms with Gasteiger partial charge >= 0.3 is 0 Å². The number of allylic oxidation sites excluding steroid dienone is 1. The Morgan fingerprint density at radius 3 is 2.88 bits per heavy atom. The van der Waals surface area contributed by atoms with Gasteiger partial charge in [-0.05, 0) is 37.3 Å². The molecule has 5 heterocycles. The van der Waals surface area contributed by atoms with E-state index >= 15 is 0 Å². The number of ether oxygens (including phenoxy) is 1. The summed E-state index contributed by atoms with van der Waals surface area (Å²) in [6.45, 7) is 3.13. The molecule has 1 aromatic heterocycles. The first-order valence-corrected chi connectivity index (χ1v) is 9.19. The fourth-order valence-electron chi connectivity index (χ4n) is 5.81. The van der Waals surface area contributed by atoms with Crippen molar-refractivity contribution in [3.05, 3.63) is 41.1 Å². The number of rotatable bonds is 2. The zero-order chi connectivity index (χ0) is 17.3. The van der Waals surface area contributed by atoms with E-state index in [-0.39, 0.29) is 5.92 Å². The van der Waals surface area contributed by atoms with Gasteiger partial charge in [0.15, 0.2) is 0 Å². The topological polar surface area (TPSA) is 34.5 Å². The molecule has 0 aliphatic carbocycles. The van der Waals surface area contributed by atoms with Gasteiger partial charge in [0, 0.05) is 36.6 Å². The van der Waals surface area contributed by atoms with Crippen LogP contribution in [0.3, 0.4) is 0 Å². The molecule has 3 saturated heterocycles. The maximum absolute atomic E-state index is 11.9. The van der Waals surface area contributed by atoms with Crippen LogP contribution in [0.4, 0.5) is 0 Å². The minimum Gasteiger partial charge on any atom is -0.495 e. The summed E-state index contributed by atoms with van der Waals surface area (Å²) >= 11 is 0. The van der Waals surface area contributed by atoms with E-state index in [0.717, 1.165) is 25.1 Å². The number of para-hydroxylation sites is 1. The fourth-order valence-corrected chi connectivity index (χ4v) is 5.81. The molecule has 0 amide bonds. The maximum Gasteiger partial charge on any atom is 0.143 e. The van der Waals surface area contributed by atoms with Crippen LogP contribution < -0.4 is 4.74 Å². The molecule has 0 saturated carbocycles. The van der Waals surface area contributed by atoms with Crippen molar-refractivity contribution >= 4 is 17.2 Å². The summed E-state index contributed by atoms with van der Waals surface area (Å²) in [7, 11) is 3.91. The third-order valence-corrected chi connectivity index (χ3v) is 6.86. The van der Waals surface area contributed by atoms with Crippen LogP contribution in [0.2, 0.25) is 0 Å². The largest absolute Gasteiger partial charge is 0.495 e.